The molecule has 88 valence electrons. The van der Waals surface area contributed by atoms with E-state index in [1.165, 1.54) is 0 Å². The summed E-state index contributed by atoms with van der Waals surface area (Å²) in [6.45, 7) is 0. The van der Waals surface area contributed by atoms with Crippen LogP contribution in [-0.2, 0) is 11.3 Å². The lowest BCUT2D eigenvalue weighted by Gasteiger charge is -2.09. The predicted molar refractivity (Wildman–Crippen MR) is 62.0 cm³/mol. The standard InChI is InChI=1S/C11H9NO4S/c13-11(12-17(14)15)16-10-7-3-5-8-4-1-2-6-9(8)10/h1-7H,(H,12,13)(H,14,15)/p-1. The van der Waals surface area contributed by atoms with Crippen molar-refractivity contribution in [1.29, 1.82) is 0 Å². The molecule has 1 amide bonds. The third-order valence-electron chi connectivity index (χ3n) is 2.12. The molecule has 2 rings (SSSR count). The van der Waals surface area contributed by atoms with Crippen molar-refractivity contribution in [2.75, 3.05) is 0 Å². The van der Waals surface area contributed by atoms with Crippen LogP contribution in [0.4, 0.5) is 4.79 Å². The van der Waals surface area contributed by atoms with Crippen LogP contribution < -0.4 is 9.46 Å². The number of rotatable bonds is 2. The van der Waals surface area contributed by atoms with Crippen molar-refractivity contribution in [2.24, 2.45) is 0 Å². The lowest BCUT2D eigenvalue weighted by Crippen LogP contribution is -2.28. The highest BCUT2D eigenvalue weighted by Crippen LogP contribution is 2.25. The highest BCUT2D eigenvalue weighted by Gasteiger charge is 2.06. The summed E-state index contributed by atoms with van der Waals surface area (Å²) in [4.78, 5) is 11.1. The van der Waals surface area contributed by atoms with Gasteiger partial charge in [-0.3, -0.25) is 8.93 Å². The minimum atomic E-state index is -2.68. The molecule has 1 atom stereocenters. The number of carbonyl (C=O) groups excluding carboxylic acids is 1. The fraction of sp³-hybridized carbons (Fsp3) is 0. The van der Waals surface area contributed by atoms with Gasteiger partial charge in [-0.25, -0.2) is 4.79 Å². The maximum Gasteiger partial charge on any atom is 0.423 e. The van der Waals surface area contributed by atoms with E-state index >= 15 is 0 Å². The highest BCUT2D eigenvalue weighted by atomic mass is 32.2. The molecule has 1 unspecified atom stereocenters. The molecule has 0 heterocycles. The number of amides is 1. The van der Waals surface area contributed by atoms with Gasteiger partial charge in [0.2, 0.25) is 0 Å². The summed E-state index contributed by atoms with van der Waals surface area (Å²) in [7, 11) is 0. The highest BCUT2D eigenvalue weighted by molar-refractivity contribution is 7.77. The molecule has 2 aromatic rings. The van der Waals surface area contributed by atoms with Crippen molar-refractivity contribution in [3.8, 4) is 5.75 Å². The van der Waals surface area contributed by atoms with Crippen LogP contribution >= 0.6 is 0 Å². The summed E-state index contributed by atoms with van der Waals surface area (Å²) in [6, 6.07) is 12.5. The minimum absolute atomic E-state index is 0.311. The summed E-state index contributed by atoms with van der Waals surface area (Å²) in [5.41, 5.74) is 0. The molecule has 0 fully saturated rings. The maximum atomic E-state index is 11.1. The molecular formula is C11H8NO4S-. The fourth-order valence-electron chi connectivity index (χ4n) is 1.47. The van der Waals surface area contributed by atoms with Crippen molar-refractivity contribution >= 4 is 28.1 Å². The molecule has 2 aromatic carbocycles. The van der Waals surface area contributed by atoms with E-state index in [0.717, 1.165) is 10.8 Å². The van der Waals surface area contributed by atoms with E-state index in [-0.39, 0.29) is 0 Å². The Balaban J connectivity index is 2.30. The van der Waals surface area contributed by atoms with E-state index < -0.39 is 17.4 Å². The first-order valence-electron chi connectivity index (χ1n) is 4.72. The monoisotopic (exact) mass is 250 g/mol. The number of nitrogens with one attached hydrogen (secondary N) is 1. The van der Waals surface area contributed by atoms with Gasteiger partial charge in [-0.1, -0.05) is 36.4 Å². The second-order valence-electron chi connectivity index (χ2n) is 3.20. The second kappa shape index (κ2) is 4.94. The van der Waals surface area contributed by atoms with Gasteiger partial charge in [0, 0.05) is 16.7 Å². The molecule has 0 saturated heterocycles. The molecule has 5 nitrogen and oxygen atoms in total. The lowest BCUT2D eigenvalue weighted by atomic mass is 10.1. The van der Waals surface area contributed by atoms with Gasteiger partial charge in [0.05, 0.1) is 0 Å². The molecule has 0 bridgehead atoms. The van der Waals surface area contributed by atoms with Gasteiger partial charge in [0.15, 0.2) is 0 Å². The Morgan fingerprint density at radius 2 is 1.88 bits per heavy atom. The molecular weight excluding hydrogens is 242 g/mol. The van der Waals surface area contributed by atoms with Crippen LogP contribution in [0.2, 0.25) is 0 Å². The number of carbonyl (C=O) groups is 1. The normalized spacial score (nSPS) is 12.1. The van der Waals surface area contributed by atoms with Gasteiger partial charge in [-0.15, -0.1) is 0 Å². The summed E-state index contributed by atoms with van der Waals surface area (Å²) >= 11 is -2.68. The zero-order valence-electron chi connectivity index (χ0n) is 8.58. The molecule has 0 radical (unpaired) electrons. The number of fused-ring (bicyclic) bond motifs is 1. The Kier molecular flexibility index (Phi) is 3.36. The summed E-state index contributed by atoms with van der Waals surface area (Å²) in [6.07, 6.45) is -1.03. The summed E-state index contributed by atoms with van der Waals surface area (Å²) in [5, 5.41) is 1.64. The summed E-state index contributed by atoms with van der Waals surface area (Å²) in [5.74, 6) is 0.311. The van der Waals surface area contributed by atoms with Crippen LogP contribution in [0.3, 0.4) is 0 Å². The van der Waals surface area contributed by atoms with E-state index in [2.05, 4.69) is 0 Å². The van der Waals surface area contributed by atoms with Crippen LogP contribution in [0.1, 0.15) is 0 Å². The largest absolute Gasteiger partial charge is 0.755 e. The van der Waals surface area contributed by atoms with Gasteiger partial charge in [-0.05, 0) is 11.5 Å². The third kappa shape index (κ3) is 2.80. The van der Waals surface area contributed by atoms with Gasteiger partial charge in [-0.2, -0.15) is 0 Å². The van der Waals surface area contributed by atoms with E-state index in [1.807, 2.05) is 18.2 Å². The quantitative estimate of drug-likeness (QED) is 0.823. The minimum Gasteiger partial charge on any atom is -0.755 e. The van der Waals surface area contributed by atoms with E-state index in [9.17, 15) is 13.6 Å². The van der Waals surface area contributed by atoms with E-state index in [4.69, 9.17) is 4.74 Å². The predicted octanol–water partition coefficient (Wildman–Crippen LogP) is 1.72. The lowest BCUT2D eigenvalue weighted by molar-refractivity contribution is 0.207. The smallest absolute Gasteiger partial charge is 0.423 e. The molecule has 0 aromatic heterocycles. The molecule has 0 spiro atoms. The van der Waals surface area contributed by atoms with Crippen molar-refractivity contribution in [2.45, 2.75) is 0 Å². The molecule has 0 aliphatic rings. The van der Waals surface area contributed by atoms with Crippen molar-refractivity contribution in [3.63, 3.8) is 0 Å². The average molecular weight is 250 g/mol. The maximum absolute atomic E-state index is 11.1. The van der Waals surface area contributed by atoms with Gasteiger partial charge in [0.25, 0.3) is 0 Å². The average Bonchev–Trinajstić information content (AvgIpc) is 2.28. The Labute approximate surface area is 99.8 Å². The number of ether oxygens (including phenoxy) is 1. The molecule has 0 saturated carbocycles. The van der Waals surface area contributed by atoms with E-state index in [1.54, 1.807) is 29.0 Å². The zero-order chi connectivity index (χ0) is 12.3. The SMILES string of the molecule is O=C(NS(=O)[O-])Oc1cccc2ccccc12. The van der Waals surface area contributed by atoms with Crippen molar-refractivity contribution in [3.05, 3.63) is 42.5 Å². The molecule has 6 heteroatoms. The first kappa shape index (κ1) is 11.6. The number of hydrogen-bond acceptors (Lipinski definition) is 4. The van der Waals surface area contributed by atoms with Crippen LogP contribution in [0.15, 0.2) is 42.5 Å². The van der Waals surface area contributed by atoms with Crippen LogP contribution in [0, 0.1) is 0 Å². The molecule has 1 N–H and O–H groups in total. The Bertz CT molecular complexity index is 579. The van der Waals surface area contributed by atoms with E-state index in [0.29, 0.717) is 5.75 Å². The molecule has 0 aliphatic carbocycles. The number of hydrogen-bond donors (Lipinski definition) is 1. The van der Waals surface area contributed by atoms with Crippen LogP contribution in [-0.4, -0.2) is 14.9 Å². The second-order valence-corrected chi connectivity index (χ2v) is 3.88. The number of benzene rings is 2. The molecule has 0 aliphatic heterocycles. The first-order chi connectivity index (χ1) is 8.16. The fourth-order valence-corrected chi connectivity index (χ4v) is 1.65. The van der Waals surface area contributed by atoms with Crippen LogP contribution in [0.5, 0.6) is 5.75 Å². The van der Waals surface area contributed by atoms with Crippen molar-refractivity contribution in [1.82, 2.24) is 4.72 Å². The first-order valence-corrected chi connectivity index (χ1v) is 5.80. The van der Waals surface area contributed by atoms with Gasteiger partial charge < -0.3 is 9.29 Å². The van der Waals surface area contributed by atoms with Gasteiger partial charge in [0.1, 0.15) is 5.75 Å². The van der Waals surface area contributed by atoms with Gasteiger partial charge >= 0.3 is 6.09 Å². The van der Waals surface area contributed by atoms with Crippen LogP contribution in [0.25, 0.3) is 10.8 Å². The Hall–Kier alpha value is -1.92. The molecule has 17 heavy (non-hydrogen) atoms. The topological polar surface area (TPSA) is 78.5 Å². The Morgan fingerprint density at radius 1 is 1.18 bits per heavy atom. The zero-order valence-corrected chi connectivity index (χ0v) is 9.40. The van der Waals surface area contributed by atoms with Crippen molar-refractivity contribution < 1.29 is 18.3 Å². The Morgan fingerprint density at radius 3 is 2.65 bits per heavy atom. The summed E-state index contributed by atoms with van der Waals surface area (Å²) < 4.78 is 27.0. The third-order valence-corrected chi connectivity index (χ3v) is 2.45.